The lowest BCUT2D eigenvalue weighted by molar-refractivity contribution is 0.177. The number of aromatic nitrogens is 2. The average molecular weight is 272 g/mol. The van der Waals surface area contributed by atoms with Crippen LogP contribution in [0.1, 0.15) is 45.3 Å². The van der Waals surface area contributed by atoms with Crippen molar-refractivity contribution in [3.63, 3.8) is 0 Å². The molecule has 3 nitrogen and oxygen atoms in total. The molecule has 1 atom stereocenters. The van der Waals surface area contributed by atoms with E-state index in [1.54, 1.807) is 0 Å². The van der Waals surface area contributed by atoms with Gasteiger partial charge in [0.25, 0.3) is 0 Å². The van der Waals surface area contributed by atoms with Gasteiger partial charge >= 0.3 is 0 Å². The highest BCUT2D eigenvalue weighted by atomic mass is 16.3. The van der Waals surface area contributed by atoms with Gasteiger partial charge in [-0.05, 0) is 62.4 Å². The number of aliphatic hydroxyl groups is 1. The van der Waals surface area contributed by atoms with Crippen LogP contribution in [0.25, 0.3) is 0 Å². The molecule has 0 aliphatic carbocycles. The van der Waals surface area contributed by atoms with Crippen LogP contribution in [-0.2, 0) is 13.5 Å². The monoisotopic (exact) mass is 272 g/mol. The average Bonchev–Trinajstić information content (AvgIpc) is 2.60. The van der Waals surface area contributed by atoms with Crippen LogP contribution in [0.2, 0.25) is 0 Å². The summed E-state index contributed by atoms with van der Waals surface area (Å²) < 4.78 is 1.88. The van der Waals surface area contributed by atoms with Crippen LogP contribution in [0, 0.1) is 34.6 Å². The highest BCUT2D eigenvalue weighted by Gasteiger charge is 2.17. The van der Waals surface area contributed by atoms with Crippen molar-refractivity contribution >= 4 is 0 Å². The molecule has 2 aromatic rings. The summed E-state index contributed by atoms with van der Waals surface area (Å²) in [5.41, 5.74) is 7.96. The number of benzene rings is 1. The zero-order chi connectivity index (χ0) is 15.0. The van der Waals surface area contributed by atoms with Crippen LogP contribution >= 0.6 is 0 Å². The van der Waals surface area contributed by atoms with E-state index in [2.05, 4.69) is 44.9 Å². The molecule has 0 aliphatic rings. The summed E-state index contributed by atoms with van der Waals surface area (Å²) in [4.78, 5) is 0. The van der Waals surface area contributed by atoms with Crippen molar-refractivity contribution in [2.45, 2.75) is 47.1 Å². The number of aliphatic hydroxyl groups excluding tert-OH is 1. The molecule has 0 amide bonds. The molecule has 3 heteroatoms. The first kappa shape index (κ1) is 14.8. The highest BCUT2D eigenvalue weighted by Crippen LogP contribution is 2.26. The third kappa shape index (κ3) is 2.63. The molecular formula is C17H24N2O. The van der Waals surface area contributed by atoms with Crippen LogP contribution in [0.4, 0.5) is 0 Å². The molecule has 1 aromatic carbocycles. The number of hydrogen-bond acceptors (Lipinski definition) is 2. The number of nitrogens with zero attached hydrogens (tertiary/aromatic N) is 2. The van der Waals surface area contributed by atoms with E-state index in [0.717, 1.165) is 28.1 Å². The van der Waals surface area contributed by atoms with Gasteiger partial charge in [-0.25, -0.2) is 0 Å². The normalized spacial score (nSPS) is 12.8. The van der Waals surface area contributed by atoms with E-state index in [0.29, 0.717) is 6.42 Å². The Bertz CT molecular complexity index is 641. The van der Waals surface area contributed by atoms with E-state index in [-0.39, 0.29) is 0 Å². The largest absolute Gasteiger partial charge is 0.388 e. The van der Waals surface area contributed by atoms with E-state index in [1.165, 1.54) is 11.1 Å². The molecule has 20 heavy (non-hydrogen) atoms. The first-order chi connectivity index (χ1) is 9.31. The Morgan fingerprint density at radius 1 is 1.05 bits per heavy atom. The quantitative estimate of drug-likeness (QED) is 0.931. The first-order valence-electron chi connectivity index (χ1n) is 7.06. The topological polar surface area (TPSA) is 38.1 Å². The summed E-state index contributed by atoms with van der Waals surface area (Å²) >= 11 is 0. The fraction of sp³-hybridized carbons (Fsp3) is 0.471. The van der Waals surface area contributed by atoms with E-state index in [9.17, 15) is 5.11 Å². The van der Waals surface area contributed by atoms with Gasteiger partial charge in [-0.15, -0.1) is 0 Å². The van der Waals surface area contributed by atoms with Gasteiger partial charge < -0.3 is 5.11 Å². The molecule has 1 unspecified atom stereocenters. The molecular weight excluding hydrogens is 248 g/mol. The van der Waals surface area contributed by atoms with Gasteiger partial charge in [-0.2, -0.15) is 5.10 Å². The molecule has 0 radical (unpaired) electrons. The zero-order valence-corrected chi connectivity index (χ0v) is 13.3. The summed E-state index contributed by atoms with van der Waals surface area (Å²) in [6.45, 7) is 10.3. The fourth-order valence-electron chi connectivity index (χ4n) is 2.76. The Morgan fingerprint density at radius 3 is 2.20 bits per heavy atom. The lowest BCUT2D eigenvalue weighted by Gasteiger charge is -2.16. The minimum Gasteiger partial charge on any atom is -0.388 e. The van der Waals surface area contributed by atoms with E-state index < -0.39 is 6.10 Å². The van der Waals surface area contributed by atoms with Crippen molar-refractivity contribution < 1.29 is 5.11 Å². The highest BCUT2D eigenvalue weighted by molar-refractivity contribution is 5.38. The minimum absolute atomic E-state index is 0.476. The number of rotatable bonds is 3. The fourth-order valence-corrected chi connectivity index (χ4v) is 2.76. The summed E-state index contributed by atoms with van der Waals surface area (Å²) in [7, 11) is 1.94. The summed E-state index contributed by atoms with van der Waals surface area (Å²) in [6.07, 6.45) is 0.144. The molecule has 0 aliphatic heterocycles. The lowest BCUT2D eigenvalue weighted by atomic mass is 9.93. The van der Waals surface area contributed by atoms with Crippen LogP contribution < -0.4 is 0 Å². The molecule has 108 valence electrons. The predicted octanol–water partition coefficient (Wildman–Crippen LogP) is 3.24. The van der Waals surface area contributed by atoms with E-state index in [4.69, 9.17) is 0 Å². The van der Waals surface area contributed by atoms with E-state index in [1.807, 2.05) is 18.7 Å². The lowest BCUT2D eigenvalue weighted by Crippen LogP contribution is -2.06. The molecule has 0 bridgehead atoms. The van der Waals surface area contributed by atoms with Gasteiger partial charge in [-0.3, -0.25) is 4.68 Å². The minimum atomic E-state index is -0.476. The van der Waals surface area contributed by atoms with Gasteiger partial charge in [-0.1, -0.05) is 12.1 Å². The van der Waals surface area contributed by atoms with Gasteiger partial charge in [0.05, 0.1) is 11.8 Å². The Balaban J connectivity index is 2.33. The van der Waals surface area contributed by atoms with E-state index >= 15 is 0 Å². The molecule has 1 heterocycles. The zero-order valence-electron chi connectivity index (χ0n) is 13.3. The maximum absolute atomic E-state index is 10.6. The summed E-state index contributed by atoms with van der Waals surface area (Å²) in [5.74, 6) is 0. The van der Waals surface area contributed by atoms with Crippen LogP contribution in [0.15, 0.2) is 12.1 Å². The Kier molecular flexibility index (Phi) is 4.00. The Labute approximate surface area is 121 Å². The first-order valence-corrected chi connectivity index (χ1v) is 7.06. The second-order valence-corrected chi connectivity index (χ2v) is 5.79. The van der Waals surface area contributed by atoms with Crippen molar-refractivity contribution in [2.75, 3.05) is 0 Å². The maximum Gasteiger partial charge on any atom is 0.0834 e. The molecule has 0 fully saturated rings. The van der Waals surface area contributed by atoms with Gasteiger partial charge in [0.15, 0.2) is 0 Å². The smallest absolute Gasteiger partial charge is 0.0834 e. The summed E-state index contributed by atoms with van der Waals surface area (Å²) in [6, 6.07) is 4.26. The van der Waals surface area contributed by atoms with Crippen LogP contribution in [0.5, 0.6) is 0 Å². The van der Waals surface area contributed by atoms with Gasteiger partial charge in [0, 0.05) is 19.2 Å². The Morgan fingerprint density at radius 2 is 1.65 bits per heavy atom. The summed E-state index contributed by atoms with van der Waals surface area (Å²) in [5, 5.41) is 15.0. The molecule has 1 N–H and O–H groups in total. The third-order valence-electron chi connectivity index (χ3n) is 4.30. The predicted molar refractivity (Wildman–Crippen MR) is 82.0 cm³/mol. The standard InChI is InChI=1S/C17H24N2O/c1-10-7-12(3)15(8-11(10)2)17(20)9-16-13(4)18-19(6)14(16)5/h7-8,17,20H,9H2,1-6H3. The molecule has 0 saturated carbocycles. The van der Waals surface area contributed by atoms with Crippen molar-refractivity contribution in [2.24, 2.45) is 7.05 Å². The number of aryl methyl sites for hydroxylation is 5. The van der Waals surface area contributed by atoms with Crippen LogP contribution in [-0.4, -0.2) is 14.9 Å². The second kappa shape index (κ2) is 5.41. The van der Waals surface area contributed by atoms with Crippen molar-refractivity contribution in [3.8, 4) is 0 Å². The maximum atomic E-state index is 10.6. The van der Waals surface area contributed by atoms with Crippen LogP contribution in [0.3, 0.4) is 0 Å². The third-order valence-corrected chi connectivity index (χ3v) is 4.30. The second-order valence-electron chi connectivity index (χ2n) is 5.79. The SMILES string of the molecule is Cc1cc(C)c(C(O)Cc2c(C)nn(C)c2C)cc1C. The molecule has 0 spiro atoms. The van der Waals surface area contributed by atoms with Gasteiger partial charge in [0.2, 0.25) is 0 Å². The molecule has 1 aromatic heterocycles. The van der Waals surface area contributed by atoms with Crippen molar-refractivity contribution in [1.82, 2.24) is 9.78 Å². The number of hydrogen-bond donors (Lipinski definition) is 1. The molecule has 0 saturated heterocycles. The molecule has 2 rings (SSSR count). The van der Waals surface area contributed by atoms with Gasteiger partial charge in [0.1, 0.15) is 0 Å². The van der Waals surface area contributed by atoms with Crippen molar-refractivity contribution in [1.29, 1.82) is 0 Å². The Hall–Kier alpha value is -1.61. The van der Waals surface area contributed by atoms with Crippen molar-refractivity contribution in [3.05, 3.63) is 51.3 Å².